The molecule has 1 heterocycles. The molecule has 2 N–H and O–H groups in total. The molecule has 0 saturated heterocycles. The second kappa shape index (κ2) is 4.19. The van der Waals surface area contributed by atoms with E-state index in [0.29, 0.717) is 22.8 Å². The molecule has 0 aliphatic rings. The van der Waals surface area contributed by atoms with Gasteiger partial charge < -0.3 is 10.3 Å². The monoisotopic (exact) mass is 241 g/mol. The lowest BCUT2D eigenvalue weighted by Gasteiger charge is -2.01. The third kappa shape index (κ3) is 1.91. The van der Waals surface area contributed by atoms with Gasteiger partial charge in [-0.05, 0) is 24.6 Å². The van der Waals surface area contributed by atoms with Crippen molar-refractivity contribution in [3.63, 3.8) is 0 Å². The summed E-state index contributed by atoms with van der Waals surface area (Å²) in [5, 5.41) is 3.76. The number of aryl methyl sites for hydroxylation is 1. The van der Waals surface area contributed by atoms with Crippen molar-refractivity contribution in [2.75, 3.05) is 0 Å². The largest absolute Gasteiger partial charge is 0.338 e. The zero-order valence-electron chi connectivity index (χ0n) is 8.50. The minimum absolute atomic E-state index is 0.0362. The molecule has 0 unspecified atom stereocenters. The first-order chi connectivity index (χ1) is 7.61. The molecule has 0 bridgehead atoms. The van der Waals surface area contributed by atoms with Crippen LogP contribution < -0.4 is 5.73 Å². The number of benzene rings is 1. The zero-order chi connectivity index (χ0) is 11.7. The van der Waals surface area contributed by atoms with E-state index in [0.717, 1.165) is 0 Å². The van der Waals surface area contributed by atoms with Crippen LogP contribution in [0.2, 0.25) is 5.02 Å². The average molecular weight is 242 g/mol. The van der Waals surface area contributed by atoms with Crippen LogP contribution >= 0.6 is 11.6 Å². The van der Waals surface area contributed by atoms with Crippen molar-refractivity contribution < 1.29 is 8.91 Å². The molecule has 0 spiro atoms. The average Bonchev–Trinajstić information content (AvgIpc) is 2.73. The van der Waals surface area contributed by atoms with E-state index in [-0.39, 0.29) is 11.6 Å². The molecule has 0 amide bonds. The van der Waals surface area contributed by atoms with Gasteiger partial charge >= 0.3 is 0 Å². The summed E-state index contributed by atoms with van der Waals surface area (Å²) >= 11 is 5.72. The second-order valence-electron chi connectivity index (χ2n) is 3.30. The van der Waals surface area contributed by atoms with Crippen LogP contribution in [0.5, 0.6) is 0 Å². The first kappa shape index (κ1) is 11.0. The molecule has 0 radical (unpaired) electrons. The molecule has 6 heteroatoms. The van der Waals surface area contributed by atoms with Gasteiger partial charge in [0, 0.05) is 5.56 Å². The Morgan fingerprint density at radius 1 is 1.50 bits per heavy atom. The standard InChI is InChI=1S/C10H9ClFN3O/c1-5-2-6(3-7(11)9(5)12)10-14-8(4-13)16-15-10/h2-3H,4,13H2,1H3. The lowest BCUT2D eigenvalue weighted by molar-refractivity contribution is 0.380. The summed E-state index contributed by atoms with van der Waals surface area (Å²) in [5.41, 5.74) is 6.38. The van der Waals surface area contributed by atoms with Gasteiger partial charge in [-0.3, -0.25) is 0 Å². The van der Waals surface area contributed by atoms with E-state index in [1.165, 1.54) is 6.07 Å². The van der Waals surface area contributed by atoms with Crippen molar-refractivity contribution in [3.8, 4) is 11.4 Å². The van der Waals surface area contributed by atoms with Gasteiger partial charge in [-0.1, -0.05) is 16.8 Å². The van der Waals surface area contributed by atoms with Crippen molar-refractivity contribution in [2.24, 2.45) is 5.73 Å². The fraction of sp³-hybridized carbons (Fsp3) is 0.200. The van der Waals surface area contributed by atoms with Crippen LogP contribution in [-0.4, -0.2) is 10.1 Å². The van der Waals surface area contributed by atoms with Crippen LogP contribution in [0.3, 0.4) is 0 Å². The molecule has 0 aliphatic carbocycles. The van der Waals surface area contributed by atoms with Gasteiger partial charge in [-0.2, -0.15) is 4.98 Å². The molecule has 16 heavy (non-hydrogen) atoms. The van der Waals surface area contributed by atoms with Crippen molar-refractivity contribution >= 4 is 11.6 Å². The normalized spacial score (nSPS) is 10.8. The minimum atomic E-state index is -0.437. The molecule has 2 aromatic rings. The molecular formula is C10H9ClFN3O. The molecule has 4 nitrogen and oxygen atoms in total. The summed E-state index contributed by atoms with van der Waals surface area (Å²) in [4.78, 5) is 4.03. The predicted molar refractivity (Wildman–Crippen MR) is 57.3 cm³/mol. The van der Waals surface area contributed by atoms with E-state index < -0.39 is 5.82 Å². The summed E-state index contributed by atoms with van der Waals surface area (Å²) in [6.45, 7) is 1.79. The molecule has 1 aromatic carbocycles. The highest BCUT2D eigenvalue weighted by molar-refractivity contribution is 6.31. The maximum atomic E-state index is 13.3. The Labute approximate surface area is 96.2 Å². The van der Waals surface area contributed by atoms with E-state index >= 15 is 0 Å². The van der Waals surface area contributed by atoms with E-state index in [4.69, 9.17) is 21.9 Å². The smallest absolute Gasteiger partial charge is 0.240 e. The summed E-state index contributed by atoms with van der Waals surface area (Å²) in [6, 6.07) is 3.06. The van der Waals surface area contributed by atoms with Crippen LogP contribution in [0.4, 0.5) is 4.39 Å². The van der Waals surface area contributed by atoms with Gasteiger partial charge in [-0.15, -0.1) is 0 Å². The van der Waals surface area contributed by atoms with Crippen LogP contribution in [-0.2, 0) is 6.54 Å². The number of hydrogen-bond acceptors (Lipinski definition) is 4. The van der Waals surface area contributed by atoms with Gasteiger partial charge in [0.1, 0.15) is 5.82 Å². The molecule has 84 valence electrons. The highest BCUT2D eigenvalue weighted by atomic mass is 35.5. The van der Waals surface area contributed by atoms with Gasteiger partial charge in [0.2, 0.25) is 11.7 Å². The Hall–Kier alpha value is -1.46. The van der Waals surface area contributed by atoms with E-state index in [2.05, 4.69) is 10.1 Å². The summed E-state index contributed by atoms with van der Waals surface area (Å²) in [6.07, 6.45) is 0. The molecule has 0 fully saturated rings. The van der Waals surface area contributed by atoms with Crippen molar-refractivity contribution in [1.29, 1.82) is 0 Å². The van der Waals surface area contributed by atoms with E-state index in [9.17, 15) is 4.39 Å². The highest BCUT2D eigenvalue weighted by Gasteiger charge is 2.11. The third-order valence-corrected chi connectivity index (χ3v) is 2.39. The molecule has 0 saturated carbocycles. The maximum Gasteiger partial charge on any atom is 0.240 e. The van der Waals surface area contributed by atoms with Crippen LogP contribution in [0.1, 0.15) is 11.5 Å². The SMILES string of the molecule is Cc1cc(-c2noc(CN)n2)cc(Cl)c1F. The quantitative estimate of drug-likeness (QED) is 0.876. The van der Waals surface area contributed by atoms with E-state index in [1.807, 2.05) is 0 Å². The Kier molecular flexibility index (Phi) is 2.89. The summed E-state index contributed by atoms with van der Waals surface area (Å²) in [5.74, 6) is 0.242. The number of halogens is 2. The number of aromatic nitrogens is 2. The number of rotatable bonds is 2. The molecule has 2 rings (SSSR count). The predicted octanol–water partition coefficient (Wildman–Crippen LogP) is 2.30. The Morgan fingerprint density at radius 2 is 2.25 bits per heavy atom. The van der Waals surface area contributed by atoms with Gasteiger partial charge in [-0.25, -0.2) is 4.39 Å². The summed E-state index contributed by atoms with van der Waals surface area (Å²) < 4.78 is 18.1. The first-order valence-electron chi connectivity index (χ1n) is 4.60. The molecule has 0 atom stereocenters. The zero-order valence-corrected chi connectivity index (χ0v) is 9.25. The number of nitrogens with two attached hydrogens (primary N) is 1. The minimum Gasteiger partial charge on any atom is -0.338 e. The molecule has 1 aromatic heterocycles. The summed E-state index contributed by atoms with van der Waals surface area (Å²) in [7, 11) is 0. The highest BCUT2D eigenvalue weighted by Crippen LogP contribution is 2.25. The van der Waals surface area contributed by atoms with Gasteiger partial charge in [0.05, 0.1) is 11.6 Å². The first-order valence-corrected chi connectivity index (χ1v) is 4.98. The van der Waals surface area contributed by atoms with Crippen molar-refractivity contribution in [2.45, 2.75) is 13.5 Å². The van der Waals surface area contributed by atoms with Crippen molar-refractivity contribution in [1.82, 2.24) is 10.1 Å². The Balaban J connectivity index is 2.48. The van der Waals surface area contributed by atoms with Crippen LogP contribution in [0.15, 0.2) is 16.7 Å². The molecular weight excluding hydrogens is 233 g/mol. The van der Waals surface area contributed by atoms with Crippen LogP contribution in [0.25, 0.3) is 11.4 Å². The van der Waals surface area contributed by atoms with Crippen LogP contribution in [0, 0.1) is 12.7 Å². The maximum absolute atomic E-state index is 13.3. The second-order valence-corrected chi connectivity index (χ2v) is 3.71. The van der Waals surface area contributed by atoms with E-state index in [1.54, 1.807) is 13.0 Å². The Morgan fingerprint density at radius 3 is 2.81 bits per heavy atom. The fourth-order valence-electron chi connectivity index (χ4n) is 1.31. The lowest BCUT2D eigenvalue weighted by atomic mass is 10.1. The number of nitrogens with zero attached hydrogens (tertiary/aromatic N) is 2. The number of hydrogen-bond donors (Lipinski definition) is 1. The lowest BCUT2D eigenvalue weighted by Crippen LogP contribution is -1.95. The topological polar surface area (TPSA) is 64.9 Å². The van der Waals surface area contributed by atoms with Gasteiger partial charge in [0.25, 0.3) is 0 Å². The third-order valence-electron chi connectivity index (χ3n) is 2.11. The fourth-order valence-corrected chi connectivity index (χ4v) is 1.58. The molecule has 0 aliphatic heterocycles. The van der Waals surface area contributed by atoms with Gasteiger partial charge in [0.15, 0.2) is 0 Å². The Bertz CT molecular complexity index is 504. The van der Waals surface area contributed by atoms with Crippen molar-refractivity contribution in [3.05, 3.63) is 34.4 Å².